The first-order chi connectivity index (χ1) is 14.5. The lowest BCUT2D eigenvalue weighted by Crippen LogP contribution is -2.52. The summed E-state index contributed by atoms with van der Waals surface area (Å²) in [4.78, 5) is 30.3. The van der Waals surface area contributed by atoms with Gasteiger partial charge in [0.05, 0.1) is 0 Å². The lowest BCUT2D eigenvalue weighted by atomic mass is 9.86. The van der Waals surface area contributed by atoms with E-state index in [4.69, 9.17) is 4.74 Å². The zero-order chi connectivity index (χ0) is 21.1. The van der Waals surface area contributed by atoms with Gasteiger partial charge in [-0.15, -0.1) is 11.3 Å². The number of piperidine rings is 3. The average molecular weight is 429 g/mol. The number of carboxylic acids is 1. The van der Waals surface area contributed by atoms with Gasteiger partial charge in [-0.25, -0.2) is 9.59 Å². The van der Waals surface area contributed by atoms with E-state index in [1.54, 1.807) is 6.07 Å². The van der Waals surface area contributed by atoms with Crippen molar-refractivity contribution in [2.75, 3.05) is 26.2 Å². The second-order valence-electron chi connectivity index (χ2n) is 8.06. The van der Waals surface area contributed by atoms with E-state index in [1.165, 1.54) is 11.3 Å². The number of carboxylic acid groups (broad SMARTS) is 1. The van der Waals surface area contributed by atoms with E-state index in [2.05, 4.69) is 9.80 Å². The fourth-order valence-corrected chi connectivity index (χ4v) is 5.43. The molecule has 0 radical (unpaired) electrons. The molecule has 2 bridgehead atoms. The Morgan fingerprint density at radius 3 is 2.50 bits per heavy atom. The molecule has 0 spiro atoms. The molecule has 1 unspecified atom stereocenters. The number of hydrogen-bond acceptors (Lipinski definition) is 6. The summed E-state index contributed by atoms with van der Waals surface area (Å²) in [6, 6.07) is 12.7. The van der Waals surface area contributed by atoms with Gasteiger partial charge in [-0.1, -0.05) is 37.3 Å². The third-order valence-electron chi connectivity index (χ3n) is 6.20. The van der Waals surface area contributed by atoms with Crippen LogP contribution < -0.4 is 0 Å². The summed E-state index contributed by atoms with van der Waals surface area (Å²) in [6.07, 6.45) is 2.15. The second-order valence-corrected chi connectivity index (χ2v) is 9.23. The van der Waals surface area contributed by atoms with Crippen molar-refractivity contribution < 1.29 is 19.4 Å². The van der Waals surface area contributed by atoms with Crippen LogP contribution in [-0.2, 0) is 16.1 Å². The molecule has 4 heterocycles. The molecule has 30 heavy (non-hydrogen) atoms. The first-order valence-electron chi connectivity index (χ1n) is 10.6. The maximum Gasteiger partial charge on any atom is 0.345 e. The monoisotopic (exact) mass is 428 g/mol. The van der Waals surface area contributed by atoms with Crippen molar-refractivity contribution in [1.29, 1.82) is 0 Å². The maximum atomic E-state index is 13.4. The van der Waals surface area contributed by atoms with Crippen LogP contribution in [0.5, 0.6) is 0 Å². The highest BCUT2D eigenvalue weighted by Gasteiger charge is 2.39. The lowest BCUT2D eigenvalue weighted by molar-refractivity contribution is -0.165. The van der Waals surface area contributed by atoms with Crippen LogP contribution in [0, 0.1) is 5.92 Å². The van der Waals surface area contributed by atoms with Crippen LogP contribution in [0.1, 0.15) is 45.9 Å². The van der Waals surface area contributed by atoms with E-state index < -0.39 is 12.0 Å². The molecular weight excluding hydrogens is 400 g/mol. The quantitative estimate of drug-likeness (QED) is 0.648. The molecule has 0 amide bonds. The Labute approximate surface area is 181 Å². The first-order valence-corrected chi connectivity index (χ1v) is 11.4. The van der Waals surface area contributed by atoms with Crippen molar-refractivity contribution in [3.63, 3.8) is 0 Å². The molecule has 2 atom stereocenters. The Morgan fingerprint density at radius 2 is 1.93 bits per heavy atom. The summed E-state index contributed by atoms with van der Waals surface area (Å²) in [5.41, 5.74) is 0.903. The summed E-state index contributed by atoms with van der Waals surface area (Å²) in [5.74, 6) is -0.673. The number of benzene rings is 1. The normalized spacial score (nSPS) is 24.0. The molecule has 0 saturated carbocycles. The van der Waals surface area contributed by atoms with Crippen LogP contribution >= 0.6 is 11.3 Å². The van der Waals surface area contributed by atoms with Crippen molar-refractivity contribution in [3.05, 3.63) is 57.8 Å². The Morgan fingerprint density at radius 1 is 1.20 bits per heavy atom. The van der Waals surface area contributed by atoms with E-state index in [-0.39, 0.29) is 12.1 Å². The maximum absolute atomic E-state index is 13.4. The zero-order valence-corrected chi connectivity index (χ0v) is 18.0. The highest BCUT2D eigenvalue weighted by molar-refractivity contribution is 7.13. The van der Waals surface area contributed by atoms with Gasteiger partial charge in [0.2, 0.25) is 0 Å². The number of thiophene rings is 1. The third kappa shape index (κ3) is 4.58. The van der Waals surface area contributed by atoms with Crippen LogP contribution in [0.15, 0.2) is 42.5 Å². The number of likely N-dealkylation sites (N-methyl/N-ethyl adjacent to an activating group) is 1. The fraction of sp³-hybridized carbons (Fsp3) is 0.478. The number of fused-ring (bicyclic) bond motifs is 3. The molecular formula is C23H28N2O4S. The van der Waals surface area contributed by atoms with Crippen molar-refractivity contribution >= 4 is 23.3 Å². The van der Waals surface area contributed by atoms with Gasteiger partial charge in [-0.3, -0.25) is 9.80 Å². The molecule has 7 heteroatoms. The number of aromatic carboxylic acids is 1. The molecule has 1 aromatic carbocycles. The van der Waals surface area contributed by atoms with Crippen molar-refractivity contribution in [2.45, 2.75) is 38.5 Å². The molecule has 3 saturated heterocycles. The number of nitrogens with zero attached hydrogens (tertiary/aromatic N) is 2. The summed E-state index contributed by atoms with van der Waals surface area (Å²) < 4.78 is 6.09. The van der Waals surface area contributed by atoms with E-state index in [0.29, 0.717) is 23.9 Å². The van der Waals surface area contributed by atoms with Gasteiger partial charge in [0.15, 0.2) is 0 Å². The minimum Gasteiger partial charge on any atom is -0.477 e. The van der Waals surface area contributed by atoms with Gasteiger partial charge in [0, 0.05) is 18.0 Å². The number of carbonyl (C=O) groups excluding carboxylic acids is 1. The van der Waals surface area contributed by atoms with Gasteiger partial charge >= 0.3 is 11.9 Å². The average Bonchev–Trinajstić information content (AvgIpc) is 3.24. The van der Waals surface area contributed by atoms with E-state index in [9.17, 15) is 14.7 Å². The Bertz CT molecular complexity index is 876. The summed E-state index contributed by atoms with van der Waals surface area (Å²) in [7, 11) is 0. The van der Waals surface area contributed by atoms with Crippen LogP contribution in [0.3, 0.4) is 0 Å². The van der Waals surface area contributed by atoms with E-state index in [0.717, 1.165) is 42.9 Å². The summed E-state index contributed by atoms with van der Waals surface area (Å²) in [5, 5.41) is 9.22. The highest BCUT2D eigenvalue weighted by Crippen LogP contribution is 2.32. The molecule has 5 rings (SSSR count). The Hall–Kier alpha value is -2.22. The van der Waals surface area contributed by atoms with Gasteiger partial charge in [-0.2, -0.15) is 0 Å². The molecule has 1 N–H and O–H groups in total. The zero-order valence-electron chi connectivity index (χ0n) is 17.2. The SMILES string of the molecule is CCN(Cc1ccc(C(=O)O)s1)C(C(=O)O[C@H]1CN2CCC1CC2)c1ccccc1. The second kappa shape index (κ2) is 9.29. The number of rotatable bonds is 8. The standard InChI is InChI=1S/C23H28N2O4S/c1-2-25(14-18-8-9-20(30-18)22(26)27)21(17-6-4-3-5-7-17)23(28)29-19-15-24-12-10-16(19)11-13-24/h3-9,16,19,21H,2,10-15H2,1H3,(H,26,27)/t19-,21?/m0/s1. The van der Waals surface area contributed by atoms with Crippen molar-refractivity contribution in [1.82, 2.24) is 9.80 Å². The van der Waals surface area contributed by atoms with Gasteiger partial charge in [0.1, 0.15) is 17.0 Å². The minimum atomic E-state index is -0.921. The fourth-order valence-electron chi connectivity index (χ4n) is 4.55. The lowest BCUT2D eigenvalue weighted by Gasteiger charge is -2.44. The van der Waals surface area contributed by atoms with E-state index in [1.807, 2.05) is 43.3 Å². The molecule has 160 valence electrons. The predicted octanol–water partition coefficient (Wildman–Crippen LogP) is 3.65. The van der Waals surface area contributed by atoms with Crippen molar-refractivity contribution in [3.8, 4) is 0 Å². The first kappa shape index (κ1) is 21.0. The van der Waals surface area contributed by atoms with E-state index >= 15 is 0 Å². The summed E-state index contributed by atoms with van der Waals surface area (Å²) in [6.45, 7) is 6.21. The Balaban J connectivity index is 1.55. The van der Waals surface area contributed by atoms with Gasteiger partial charge < -0.3 is 9.84 Å². The molecule has 6 nitrogen and oxygen atoms in total. The number of hydrogen-bond donors (Lipinski definition) is 1. The minimum absolute atomic E-state index is 0.0368. The smallest absolute Gasteiger partial charge is 0.345 e. The summed E-state index contributed by atoms with van der Waals surface area (Å²) >= 11 is 1.25. The molecule has 1 aromatic heterocycles. The number of ether oxygens (including phenoxy) is 1. The molecule has 0 aliphatic carbocycles. The largest absolute Gasteiger partial charge is 0.477 e. The van der Waals surface area contributed by atoms with Gasteiger partial charge in [-0.05, 0) is 56.1 Å². The third-order valence-corrected chi connectivity index (χ3v) is 7.26. The number of esters is 1. The Kier molecular flexibility index (Phi) is 6.51. The molecule has 3 aliphatic rings. The van der Waals surface area contributed by atoms with Crippen LogP contribution in [0.4, 0.5) is 0 Å². The topological polar surface area (TPSA) is 70.1 Å². The number of carbonyl (C=O) groups is 2. The molecule has 3 aliphatic heterocycles. The van der Waals surface area contributed by atoms with Crippen LogP contribution in [0.2, 0.25) is 0 Å². The van der Waals surface area contributed by atoms with Crippen LogP contribution in [-0.4, -0.2) is 59.1 Å². The van der Waals surface area contributed by atoms with Crippen LogP contribution in [0.25, 0.3) is 0 Å². The predicted molar refractivity (Wildman–Crippen MR) is 116 cm³/mol. The molecule has 3 fully saturated rings. The molecule has 2 aromatic rings. The van der Waals surface area contributed by atoms with Gasteiger partial charge in [0.25, 0.3) is 0 Å². The highest BCUT2D eigenvalue weighted by atomic mass is 32.1. The van der Waals surface area contributed by atoms with Crippen molar-refractivity contribution in [2.24, 2.45) is 5.92 Å².